The van der Waals surface area contributed by atoms with Crippen LogP contribution in [0, 0.1) is 0 Å². The van der Waals surface area contributed by atoms with Gasteiger partial charge in [-0.2, -0.15) is 10.2 Å². The highest BCUT2D eigenvalue weighted by molar-refractivity contribution is 7.89. The molecule has 0 saturated heterocycles. The van der Waals surface area contributed by atoms with Crippen molar-refractivity contribution in [3.8, 4) is 5.75 Å². The van der Waals surface area contributed by atoms with Crippen LogP contribution in [-0.2, 0) is 10.0 Å². The lowest BCUT2D eigenvalue weighted by molar-refractivity contribution is 0.323. The summed E-state index contributed by atoms with van der Waals surface area (Å²) in [5, 5.41) is 8.06. The van der Waals surface area contributed by atoms with E-state index in [9.17, 15) is 8.42 Å². The van der Waals surface area contributed by atoms with Crippen LogP contribution in [0.25, 0.3) is 0 Å². The Kier molecular flexibility index (Phi) is 5.57. The third-order valence-electron chi connectivity index (χ3n) is 3.67. The third-order valence-corrected chi connectivity index (χ3v) is 5.15. The van der Waals surface area contributed by atoms with Crippen molar-refractivity contribution in [3.05, 3.63) is 60.2 Å². The lowest BCUT2D eigenvalue weighted by Crippen LogP contribution is -2.28. The van der Waals surface area contributed by atoms with Gasteiger partial charge in [0.25, 0.3) is 0 Å². The number of ether oxygens (including phenoxy) is 1. The van der Waals surface area contributed by atoms with Gasteiger partial charge in [-0.3, -0.25) is 0 Å². The number of hydrogen-bond acceptors (Lipinski definition) is 5. The molecule has 2 aromatic carbocycles. The molecule has 1 aliphatic heterocycles. The zero-order valence-corrected chi connectivity index (χ0v) is 14.4. The number of rotatable bonds is 7. The Balaban J connectivity index is 1.49. The van der Waals surface area contributed by atoms with Crippen molar-refractivity contribution >= 4 is 21.9 Å². The summed E-state index contributed by atoms with van der Waals surface area (Å²) in [4.78, 5) is 0.246. The van der Waals surface area contributed by atoms with Crippen LogP contribution >= 0.6 is 0 Å². The Morgan fingerprint density at radius 3 is 2.48 bits per heavy atom. The second-order valence-corrected chi connectivity index (χ2v) is 7.23. The summed E-state index contributed by atoms with van der Waals surface area (Å²) < 4.78 is 32.2. The SMILES string of the molecule is O=S(=O)(NCCOc1ccc(C2=NN=CCC2)cc1)c1ccccc1. The minimum atomic E-state index is -3.50. The maximum absolute atomic E-state index is 12.1. The molecule has 3 rings (SSSR count). The smallest absolute Gasteiger partial charge is 0.240 e. The molecule has 0 unspecified atom stereocenters. The first kappa shape index (κ1) is 17.3. The fourth-order valence-corrected chi connectivity index (χ4v) is 3.43. The summed E-state index contributed by atoms with van der Waals surface area (Å²) in [7, 11) is -3.50. The van der Waals surface area contributed by atoms with Crippen molar-refractivity contribution in [3.63, 3.8) is 0 Å². The van der Waals surface area contributed by atoms with Gasteiger partial charge in [-0.15, -0.1) is 0 Å². The zero-order chi connectivity index (χ0) is 17.5. The molecule has 1 aliphatic rings. The van der Waals surface area contributed by atoms with Crippen molar-refractivity contribution in [1.82, 2.24) is 4.72 Å². The van der Waals surface area contributed by atoms with Gasteiger partial charge in [0, 0.05) is 12.8 Å². The summed E-state index contributed by atoms with van der Waals surface area (Å²) in [5.41, 5.74) is 1.98. The van der Waals surface area contributed by atoms with Gasteiger partial charge in [0.2, 0.25) is 10.0 Å². The van der Waals surface area contributed by atoms with Gasteiger partial charge >= 0.3 is 0 Å². The van der Waals surface area contributed by atoms with E-state index in [1.54, 1.807) is 36.5 Å². The fourth-order valence-electron chi connectivity index (χ4n) is 2.39. The quantitative estimate of drug-likeness (QED) is 0.774. The molecular formula is C18H19N3O3S. The molecule has 25 heavy (non-hydrogen) atoms. The first-order valence-corrected chi connectivity index (χ1v) is 9.50. The largest absolute Gasteiger partial charge is 0.492 e. The molecule has 1 N–H and O–H groups in total. The predicted molar refractivity (Wildman–Crippen MR) is 97.8 cm³/mol. The van der Waals surface area contributed by atoms with Crippen LogP contribution in [0.1, 0.15) is 18.4 Å². The van der Waals surface area contributed by atoms with Crippen LogP contribution in [0.4, 0.5) is 0 Å². The van der Waals surface area contributed by atoms with Crippen molar-refractivity contribution in [2.75, 3.05) is 13.2 Å². The molecular weight excluding hydrogens is 338 g/mol. The molecule has 1 heterocycles. The van der Waals surface area contributed by atoms with Gasteiger partial charge in [-0.1, -0.05) is 18.2 Å². The first-order valence-electron chi connectivity index (χ1n) is 8.01. The summed E-state index contributed by atoms with van der Waals surface area (Å²) in [6.07, 6.45) is 3.58. The van der Waals surface area contributed by atoms with Crippen molar-refractivity contribution in [2.45, 2.75) is 17.7 Å². The Morgan fingerprint density at radius 2 is 1.80 bits per heavy atom. The van der Waals surface area contributed by atoms with E-state index in [0.717, 1.165) is 24.1 Å². The lowest BCUT2D eigenvalue weighted by Gasteiger charge is -2.10. The van der Waals surface area contributed by atoms with Gasteiger partial charge < -0.3 is 4.74 Å². The Morgan fingerprint density at radius 1 is 1.04 bits per heavy atom. The monoisotopic (exact) mass is 357 g/mol. The molecule has 2 aromatic rings. The Bertz CT molecular complexity index is 860. The average Bonchev–Trinajstić information content (AvgIpc) is 2.67. The molecule has 0 saturated carbocycles. The topological polar surface area (TPSA) is 80.1 Å². The molecule has 0 aliphatic carbocycles. The van der Waals surface area contributed by atoms with Gasteiger partial charge in [0.15, 0.2) is 0 Å². The van der Waals surface area contributed by atoms with E-state index in [-0.39, 0.29) is 18.0 Å². The molecule has 0 fully saturated rings. The van der Waals surface area contributed by atoms with Crippen LogP contribution in [0.2, 0.25) is 0 Å². The van der Waals surface area contributed by atoms with E-state index in [2.05, 4.69) is 14.9 Å². The average molecular weight is 357 g/mol. The van der Waals surface area contributed by atoms with Crippen LogP contribution in [0.5, 0.6) is 5.75 Å². The molecule has 0 radical (unpaired) electrons. The third kappa shape index (κ3) is 4.74. The van der Waals surface area contributed by atoms with E-state index in [0.29, 0.717) is 5.75 Å². The van der Waals surface area contributed by atoms with Crippen LogP contribution in [-0.4, -0.2) is 33.5 Å². The Hall–Kier alpha value is -2.51. The molecule has 0 amide bonds. The van der Waals surface area contributed by atoms with Gasteiger partial charge in [-0.25, -0.2) is 13.1 Å². The highest BCUT2D eigenvalue weighted by Crippen LogP contribution is 2.16. The van der Waals surface area contributed by atoms with Gasteiger partial charge in [-0.05, 0) is 54.8 Å². The zero-order valence-electron chi connectivity index (χ0n) is 13.6. The molecule has 0 bridgehead atoms. The molecule has 0 spiro atoms. The normalized spacial score (nSPS) is 14.2. The van der Waals surface area contributed by atoms with Crippen LogP contribution in [0.15, 0.2) is 69.7 Å². The van der Waals surface area contributed by atoms with Crippen LogP contribution < -0.4 is 9.46 Å². The molecule has 7 heteroatoms. The van der Waals surface area contributed by atoms with E-state index < -0.39 is 10.0 Å². The highest BCUT2D eigenvalue weighted by atomic mass is 32.2. The summed E-state index contributed by atoms with van der Waals surface area (Å²) in [6.45, 7) is 0.442. The van der Waals surface area contributed by atoms with E-state index in [4.69, 9.17) is 4.74 Å². The maximum atomic E-state index is 12.1. The maximum Gasteiger partial charge on any atom is 0.240 e. The number of nitrogens with zero attached hydrogens (tertiary/aromatic N) is 2. The minimum absolute atomic E-state index is 0.195. The van der Waals surface area contributed by atoms with Crippen molar-refractivity contribution < 1.29 is 13.2 Å². The minimum Gasteiger partial charge on any atom is -0.492 e. The molecule has 6 nitrogen and oxygen atoms in total. The first-order chi connectivity index (χ1) is 12.1. The Labute approximate surface area is 147 Å². The summed E-state index contributed by atoms with van der Waals surface area (Å²) >= 11 is 0. The summed E-state index contributed by atoms with van der Waals surface area (Å²) in [6, 6.07) is 15.8. The summed E-state index contributed by atoms with van der Waals surface area (Å²) in [5.74, 6) is 0.683. The number of sulfonamides is 1. The van der Waals surface area contributed by atoms with E-state index in [1.807, 2.05) is 24.3 Å². The lowest BCUT2D eigenvalue weighted by atomic mass is 10.1. The van der Waals surface area contributed by atoms with Crippen LogP contribution in [0.3, 0.4) is 0 Å². The second-order valence-electron chi connectivity index (χ2n) is 5.47. The molecule has 130 valence electrons. The molecule has 0 atom stereocenters. The predicted octanol–water partition coefficient (Wildman–Crippen LogP) is 2.61. The second kappa shape index (κ2) is 8.04. The fraction of sp³-hybridized carbons (Fsp3) is 0.222. The number of nitrogens with one attached hydrogen (secondary N) is 1. The highest BCUT2D eigenvalue weighted by Gasteiger charge is 2.12. The van der Waals surface area contributed by atoms with Crippen molar-refractivity contribution in [2.24, 2.45) is 10.2 Å². The van der Waals surface area contributed by atoms with E-state index >= 15 is 0 Å². The molecule has 0 aromatic heterocycles. The van der Waals surface area contributed by atoms with Gasteiger partial charge in [0.05, 0.1) is 10.6 Å². The number of hydrogen-bond donors (Lipinski definition) is 1. The van der Waals surface area contributed by atoms with Gasteiger partial charge in [0.1, 0.15) is 12.4 Å². The van der Waals surface area contributed by atoms with Crippen molar-refractivity contribution in [1.29, 1.82) is 0 Å². The standard InChI is InChI=1S/C18H19N3O3S/c22-25(23,17-5-2-1-3-6-17)20-13-14-24-16-10-8-15(9-11-16)18-7-4-12-19-21-18/h1-3,5-6,8-12,20H,4,7,13-14H2. The number of benzene rings is 2. The van der Waals surface area contributed by atoms with E-state index in [1.165, 1.54) is 0 Å².